The van der Waals surface area contributed by atoms with Crippen molar-refractivity contribution < 1.29 is 0 Å². The van der Waals surface area contributed by atoms with E-state index in [2.05, 4.69) is 126 Å². The van der Waals surface area contributed by atoms with Crippen molar-refractivity contribution in [3.8, 4) is 41.8 Å². The summed E-state index contributed by atoms with van der Waals surface area (Å²) in [7, 11) is 0. The first-order chi connectivity index (χ1) is 21.3. The lowest BCUT2D eigenvalue weighted by Gasteiger charge is -2.19. The molecule has 0 saturated carbocycles. The normalized spacial score (nSPS) is 11.9. The van der Waals surface area contributed by atoms with Crippen molar-refractivity contribution in [2.75, 3.05) is 0 Å². The van der Waals surface area contributed by atoms with Crippen LogP contribution in [0.1, 0.15) is 32.0 Å². The van der Waals surface area contributed by atoms with Gasteiger partial charge in [-0.05, 0) is 145 Å². The summed E-state index contributed by atoms with van der Waals surface area (Å²) < 4.78 is 2.71. The van der Waals surface area contributed by atoms with Gasteiger partial charge in [0.25, 0.3) is 0 Å². The van der Waals surface area contributed by atoms with Gasteiger partial charge in [-0.25, -0.2) is 0 Å². The van der Waals surface area contributed by atoms with Crippen LogP contribution in [0.2, 0.25) is 0 Å². The van der Waals surface area contributed by atoms with Gasteiger partial charge in [0.1, 0.15) is 0 Å². The first kappa shape index (κ1) is 28.0. The molecule has 4 aromatic carbocycles. The van der Waals surface area contributed by atoms with Gasteiger partial charge in [-0.2, -0.15) is 0 Å². The van der Waals surface area contributed by atoms with E-state index in [1.807, 2.05) is 45.3 Å². The Morgan fingerprint density at radius 2 is 0.727 bits per heavy atom. The molecule has 0 radical (unpaired) electrons. The van der Waals surface area contributed by atoms with Crippen LogP contribution in [0.4, 0.5) is 0 Å². The molecule has 4 heteroatoms. The molecule has 216 valence electrons. The fraction of sp³-hybridized carbons (Fsp3) is 0.150. The molecule has 0 bridgehead atoms. The third kappa shape index (κ3) is 4.42. The Morgan fingerprint density at radius 1 is 0.341 bits per heavy atom. The summed E-state index contributed by atoms with van der Waals surface area (Å²) in [5.74, 6) is 0. The average molecular weight is 641 g/mol. The van der Waals surface area contributed by atoms with Crippen LogP contribution in [0.25, 0.3) is 72.7 Å². The van der Waals surface area contributed by atoms with Crippen molar-refractivity contribution >= 4 is 76.3 Å². The van der Waals surface area contributed by atoms with Crippen molar-refractivity contribution in [3.63, 3.8) is 0 Å². The first-order valence-electron chi connectivity index (χ1n) is 15.0. The molecule has 0 fully saturated rings. The van der Waals surface area contributed by atoms with Crippen molar-refractivity contribution in [1.82, 2.24) is 0 Å². The molecule has 8 rings (SSSR count). The highest BCUT2D eigenvalue weighted by atomic mass is 32.1. The van der Waals surface area contributed by atoms with Crippen LogP contribution < -0.4 is 0 Å². The van der Waals surface area contributed by atoms with E-state index in [0.29, 0.717) is 0 Å². The standard InChI is InChI=1S/C40H32S4/c1-21-9-7-10-22(2)37(21)39-27-17-34-30(20-36(44-34)32-16-14-26(6)42-32)40(38-23(3)11-8-12-24(38)4)28(27)18-33-29(39)19-35(43-33)31-15-13-25(5)41-31/h7-20H,1-6H3. The predicted octanol–water partition coefficient (Wildman–Crippen LogP) is 13.9. The van der Waals surface area contributed by atoms with Crippen LogP contribution >= 0.6 is 45.3 Å². The van der Waals surface area contributed by atoms with Crippen LogP contribution in [0.15, 0.2) is 84.9 Å². The van der Waals surface area contributed by atoms with E-state index in [4.69, 9.17) is 0 Å². The molecule has 0 spiro atoms. The highest BCUT2D eigenvalue weighted by molar-refractivity contribution is 7.27. The van der Waals surface area contributed by atoms with Gasteiger partial charge in [-0.1, -0.05) is 36.4 Å². The molecule has 0 aliphatic heterocycles. The fourth-order valence-corrected chi connectivity index (χ4v) is 11.0. The summed E-state index contributed by atoms with van der Waals surface area (Å²) in [6, 6.07) is 32.5. The summed E-state index contributed by atoms with van der Waals surface area (Å²) in [6.45, 7) is 13.5. The summed E-state index contributed by atoms with van der Waals surface area (Å²) in [5, 5.41) is 5.42. The average Bonchev–Trinajstić information content (AvgIpc) is 3.78. The minimum absolute atomic E-state index is 1.33. The Bertz CT molecular complexity index is 2190. The summed E-state index contributed by atoms with van der Waals surface area (Å²) in [5.41, 5.74) is 10.8. The van der Waals surface area contributed by atoms with Crippen molar-refractivity contribution in [2.45, 2.75) is 41.5 Å². The second-order valence-electron chi connectivity index (χ2n) is 12.0. The molecule has 44 heavy (non-hydrogen) atoms. The first-order valence-corrected chi connectivity index (χ1v) is 18.3. The maximum Gasteiger partial charge on any atom is 0.0455 e. The Balaban J connectivity index is 1.58. The number of aryl methyl sites for hydroxylation is 6. The zero-order valence-corrected chi connectivity index (χ0v) is 29.0. The van der Waals surface area contributed by atoms with Gasteiger partial charge < -0.3 is 0 Å². The minimum Gasteiger partial charge on any atom is -0.140 e. The van der Waals surface area contributed by atoms with Crippen LogP contribution in [-0.2, 0) is 0 Å². The summed E-state index contributed by atoms with van der Waals surface area (Å²) in [6.07, 6.45) is 0. The molecule has 8 aromatic rings. The number of thiophene rings is 4. The molecule has 0 aliphatic carbocycles. The molecule has 0 unspecified atom stereocenters. The zero-order chi connectivity index (χ0) is 30.3. The van der Waals surface area contributed by atoms with E-state index in [0.717, 1.165) is 0 Å². The molecule has 0 N–H and O–H groups in total. The van der Waals surface area contributed by atoms with E-state index < -0.39 is 0 Å². The molecule has 4 heterocycles. The van der Waals surface area contributed by atoms with Crippen molar-refractivity contribution in [1.29, 1.82) is 0 Å². The lowest BCUT2D eigenvalue weighted by atomic mass is 9.84. The van der Waals surface area contributed by atoms with Gasteiger partial charge >= 0.3 is 0 Å². The topological polar surface area (TPSA) is 0 Å². The Morgan fingerprint density at radius 3 is 1.07 bits per heavy atom. The zero-order valence-electron chi connectivity index (χ0n) is 25.7. The lowest BCUT2D eigenvalue weighted by Crippen LogP contribution is -1.94. The van der Waals surface area contributed by atoms with E-state index in [9.17, 15) is 0 Å². The van der Waals surface area contributed by atoms with Gasteiger partial charge in [0.15, 0.2) is 0 Å². The maximum absolute atomic E-state index is 2.50. The van der Waals surface area contributed by atoms with Gasteiger partial charge in [-0.3, -0.25) is 0 Å². The predicted molar refractivity (Wildman–Crippen MR) is 201 cm³/mol. The molecule has 0 saturated heterocycles. The molecular formula is C40H32S4. The largest absolute Gasteiger partial charge is 0.140 e. The maximum atomic E-state index is 2.50. The molecule has 0 nitrogen and oxygen atoms in total. The molecular weight excluding hydrogens is 609 g/mol. The van der Waals surface area contributed by atoms with E-state index in [1.165, 1.54) is 105 Å². The second kappa shape index (κ2) is 10.5. The fourth-order valence-electron chi connectivity index (χ4n) is 6.87. The van der Waals surface area contributed by atoms with E-state index in [1.54, 1.807) is 0 Å². The van der Waals surface area contributed by atoms with Gasteiger partial charge in [-0.15, -0.1) is 45.3 Å². The Kier molecular flexibility index (Phi) is 6.69. The van der Waals surface area contributed by atoms with Crippen LogP contribution in [0.5, 0.6) is 0 Å². The van der Waals surface area contributed by atoms with Crippen molar-refractivity contribution in [3.05, 3.63) is 117 Å². The van der Waals surface area contributed by atoms with E-state index >= 15 is 0 Å². The Hall–Kier alpha value is -3.54. The van der Waals surface area contributed by atoms with E-state index in [-0.39, 0.29) is 0 Å². The van der Waals surface area contributed by atoms with Crippen molar-refractivity contribution in [2.24, 2.45) is 0 Å². The monoisotopic (exact) mass is 640 g/mol. The number of fused-ring (bicyclic) bond motifs is 3. The Labute approximate surface area is 274 Å². The molecule has 0 aliphatic rings. The minimum atomic E-state index is 1.33. The molecule has 0 atom stereocenters. The number of benzene rings is 4. The van der Waals surface area contributed by atoms with Gasteiger partial charge in [0.05, 0.1) is 0 Å². The third-order valence-corrected chi connectivity index (χ3v) is 13.4. The summed E-state index contributed by atoms with van der Waals surface area (Å²) in [4.78, 5) is 8.12. The smallest absolute Gasteiger partial charge is 0.0455 e. The van der Waals surface area contributed by atoms with Crippen LogP contribution in [0, 0.1) is 41.5 Å². The number of hydrogen-bond donors (Lipinski definition) is 0. The molecule has 4 aromatic heterocycles. The highest BCUT2D eigenvalue weighted by Gasteiger charge is 2.23. The third-order valence-electron chi connectivity index (χ3n) is 8.87. The second-order valence-corrected chi connectivity index (χ2v) is 16.7. The SMILES string of the molecule is Cc1ccc(-c2cc3c(-c4c(C)cccc4C)c4cc5sc(-c6ccc(C)s6)cc5c(-c5c(C)cccc5C)c4cc3s2)s1. The molecule has 0 amide bonds. The lowest BCUT2D eigenvalue weighted by molar-refractivity contribution is 1.39. The summed E-state index contributed by atoms with van der Waals surface area (Å²) >= 11 is 7.65. The van der Waals surface area contributed by atoms with Gasteiger partial charge in [0.2, 0.25) is 0 Å². The quantitative estimate of drug-likeness (QED) is 0.180. The van der Waals surface area contributed by atoms with Crippen LogP contribution in [0.3, 0.4) is 0 Å². The highest BCUT2D eigenvalue weighted by Crippen LogP contribution is 2.51. The van der Waals surface area contributed by atoms with Gasteiger partial charge in [0, 0.05) is 49.4 Å². The van der Waals surface area contributed by atoms with Crippen LogP contribution in [-0.4, -0.2) is 0 Å². The number of hydrogen-bond acceptors (Lipinski definition) is 4. The number of rotatable bonds is 4.